The van der Waals surface area contributed by atoms with Crippen molar-refractivity contribution in [1.29, 1.82) is 0 Å². The second kappa shape index (κ2) is 7.46. The molecule has 1 N–H and O–H groups in total. The van der Waals surface area contributed by atoms with Crippen molar-refractivity contribution in [3.05, 3.63) is 59.7 Å². The number of ether oxygens (including phenoxy) is 1. The summed E-state index contributed by atoms with van der Waals surface area (Å²) < 4.78 is 5.47. The fraction of sp³-hybridized carbons (Fsp3) is 0.235. The van der Waals surface area contributed by atoms with Crippen molar-refractivity contribution in [3.8, 4) is 5.75 Å². The van der Waals surface area contributed by atoms with Crippen LogP contribution in [0.3, 0.4) is 0 Å². The zero-order chi connectivity index (χ0) is 14.2. The lowest BCUT2D eigenvalue weighted by atomic mass is 10.2. The van der Waals surface area contributed by atoms with Gasteiger partial charge in [0.2, 0.25) is 0 Å². The number of aliphatic hydroxyl groups is 1. The summed E-state index contributed by atoms with van der Waals surface area (Å²) in [6.45, 7) is 2.75. The molecule has 0 aliphatic heterocycles. The molecule has 0 saturated heterocycles. The van der Waals surface area contributed by atoms with Gasteiger partial charge in [0.15, 0.2) is 0 Å². The first kappa shape index (κ1) is 14.3. The molecule has 0 aliphatic carbocycles. The molecule has 0 unspecified atom stereocenters. The first-order chi connectivity index (χ1) is 9.78. The third kappa shape index (κ3) is 4.52. The van der Waals surface area contributed by atoms with Gasteiger partial charge in [0, 0.05) is 19.2 Å². The normalized spacial score (nSPS) is 10.9. The van der Waals surface area contributed by atoms with Crippen LogP contribution in [0, 0.1) is 6.92 Å². The Labute approximate surface area is 119 Å². The van der Waals surface area contributed by atoms with Gasteiger partial charge in [-0.15, -0.1) is 0 Å². The van der Waals surface area contributed by atoms with Crippen molar-refractivity contribution >= 4 is 11.9 Å². The standard InChI is InChI=1S/C17H19NO2/c1-14-3-7-16(8-4-14)18-13-15-5-9-17(10-6-15)20-12-2-11-19/h3-10,13,19H,2,11-12H2,1H3. The summed E-state index contributed by atoms with van der Waals surface area (Å²) in [5.74, 6) is 0.811. The van der Waals surface area contributed by atoms with Crippen LogP contribution in [0.4, 0.5) is 5.69 Å². The fourth-order valence-electron chi connectivity index (χ4n) is 1.68. The number of aliphatic hydroxyl groups excluding tert-OH is 1. The van der Waals surface area contributed by atoms with Gasteiger partial charge in [0.1, 0.15) is 5.75 Å². The van der Waals surface area contributed by atoms with Gasteiger partial charge in [-0.3, -0.25) is 4.99 Å². The number of aliphatic imine (C=N–C) groups is 1. The number of hydrogen-bond donors (Lipinski definition) is 1. The van der Waals surface area contributed by atoms with Crippen LogP contribution in [0.25, 0.3) is 0 Å². The van der Waals surface area contributed by atoms with E-state index >= 15 is 0 Å². The molecule has 0 fully saturated rings. The highest BCUT2D eigenvalue weighted by molar-refractivity contribution is 5.82. The van der Waals surface area contributed by atoms with Crippen LogP contribution in [0.1, 0.15) is 17.5 Å². The van der Waals surface area contributed by atoms with Crippen LogP contribution < -0.4 is 4.74 Å². The summed E-state index contributed by atoms with van der Waals surface area (Å²) in [6.07, 6.45) is 2.48. The number of rotatable bonds is 6. The van der Waals surface area contributed by atoms with Crippen molar-refractivity contribution < 1.29 is 9.84 Å². The van der Waals surface area contributed by atoms with Gasteiger partial charge in [-0.1, -0.05) is 17.7 Å². The first-order valence-electron chi connectivity index (χ1n) is 6.72. The van der Waals surface area contributed by atoms with Crippen LogP contribution in [0.2, 0.25) is 0 Å². The number of benzene rings is 2. The molecule has 0 saturated carbocycles. The predicted octanol–water partition coefficient (Wildman–Crippen LogP) is 3.51. The Kier molecular flexibility index (Phi) is 5.33. The van der Waals surface area contributed by atoms with Crippen molar-refractivity contribution in [2.75, 3.05) is 13.2 Å². The smallest absolute Gasteiger partial charge is 0.119 e. The first-order valence-corrected chi connectivity index (χ1v) is 6.72. The van der Waals surface area contributed by atoms with Gasteiger partial charge < -0.3 is 9.84 Å². The predicted molar refractivity (Wildman–Crippen MR) is 82.1 cm³/mol. The van der Waals surface area contributed by atoms with Gasteiger partial charge >= 0.3 is 0 Å². The lowest BCUT2D eigenvalue weighted by molar-refractivity contribution is 0.233. The van der Waals surface area contributed by atoms with Crippen molar-refractivity contribution in [2.24, 2.45) is 4.99 Å². The van der Waals surface area contributed by atoms with Gasteiger partial charge in [0.25, 0.3) is 0 Å². The summed E-state index contributed by atoms with van der Waals surface area (Å²) in [5, 5.41) is 8.69. The monoisotopic (exact) mass is 269 g/mol. The number of aryl methyl sites for hydroxylation is 1. The maximum absolute atomic E-state index is 8.69. The van der Waals surface area contributed by atoms with Gasteiger partial charge in [0.05, 0.1) is 12.3 Å². The van der Waals surface area contributed by atoms with Crippen molar-refractivity contribution in [1.82, 2.24) is 0 Å². The van der Waals surface area contributed by atoms with Gasteiger partial charge in [-0.2, -0.15) is 0 Å². The van der Waals surface area contributed by atoms with Crippen molar-refractivity contribution in [3.63, 3.8) is 0 Å². The summed E-state index contributed by atoms with van der Waals surface area (Å²) >= 11 is 0. The van der Waals surface area contributed by atoms with E-state index in [4.69, 9.17) is 9.84 Å². The number of nitrogens with zero attached hydrogens (tertiary/aromatic N) is 1. The second-order valence-electron chi connectivity index (χ2n) is 4.59. The summed E-state index contributed by atoms with van der Waals surface area (Å²) in [5.41, 5.74) is 3.20. The fourth-order valence-corrected chi connectivity index (χ4v) is 1.68. The van der Waals surface area contributed by atoms with Crippen LogP contribution in [0.15, 0.2) is 53.5 Å². The van der Waals surface area contributed by atoms with E-state index in [2.05, 4.69) is 11.9 Å². The Morgan fingerprint density at radius 1 is 1.05 bits per heavy atom. The van der Waals surface area contributed by atoms with E-state index in [1.54, 1.807) is 0 Å². The topological polar surface area (TPSA) is 41.8 Å². The minimum Gasteiger partial charge on any atom is -0.494 e. The molecule has 0 amide bonds. The van der Waals surface area contributed by atoms with Crippen LogP contribution in [0.5, 0.6) is 5.75 Å². The molecule has 2 rings (SSSR count). The van der Waals surface area contributed by atoms with Gasteiger partial charge in [-0.05, 0) is 48.9 Å². The Morgan fingerprint density at radius 3 is 2.40 bits per heavy atom. The maximum Gasteiger partial charge on any atom is 0.119 e. The molecule has 0 atom stereocenters. The largest absolute Gasteiger partial charge is 0.494 e. The van der Waals surface area contributed by atoms with E-state index in [1.807, 2.05) is 54.7 Å². The molecule has 0 bridgehead atoms. The molecular weight excluding hydrogens is 250 g/mol. The molecule has 0 spiro atoms. The lowest BCUT2D eigenvalue weighted by Crippen LogP contribution is -1.99. The molecule has 3 nitrogen and oxygen atoms in total. The summed E-state index contributed by atoms with van der Waals surface area (Å²) in [7, 11) is 0. The lowest BCUT2D eigenvalue weighted by Gasteiger charge is -2.04. The Hall–Kier alpha value is -2.13. The van der Waals surface area contributed by atoms with E-state index in [9.17, 15) is 0 Å². The highest BCUT2D eigenvalue weighted by Crippen LogP contribution is 2.14. The molecule has 0 heterocycles. The Bertz CT molecular complexity index is 544. The van der Waals surface area contributed by atoms with E-state index in [1.165, 1.54) is 5.56 Å². The average molecular weight is 269 g/mol. The van der Waals surface area contributed by atoms with Crippen LogP contribution in [-0.4, -0.2) is 24.5 Å². The zero-order valence-electron chi connectivity index (χ0n) is 11.6. The number of hydrogen-bond acceptors (Lipinski definition) is 3. The van der Waals surface area contributed by atoms with E-state index in [0.717, 1.165) is 17.0 Å². The third-order valence-corrected chi connectivity index (χ3v) is 2.85. The summed E-state index contributed by atoms with van der Waals surface area (Å²) in [4.78, 5) is 4.42. The third-order valence-electron chi connectivity index (χ3n) is 2.85. The summed E-state index contributed by atoms with van der Waals surface area (Å²) in [6, 6.07) is 15.8. The molecule has 0 radical (unpaired) electrons. The molecular formula is C17H19NO2. The Balaban J connectivity index is 1.94. The molecule has 2 aromatic rings. The van der Waals surface area contributed by atoms with Crippen LogP contribution >= 0.6 is 0 Å². The highest BCUT2D eigenvalue weighted by atomic mass is 16.5. The SMILES string of the molecule is Cc1ccc(N=Cc2ccc(OCCCO)cc2)cc1. The van der Waals surface area contributed by atoms with Crippen molar-refractivity contribution in [2.45, 2.75) is 13.3 Å². The van der Waals surface area contributed by atoms with E-state index in [-0.39, 0.29) is 6.61 Å². The minimum absolute atomic E-state index is 0.154. The van der Waals surface area contributed by atoms with E-state index < -0.39 is 0 Å². The quantitative estimate of drug-likeness (QED) is 0.644. The molecule has 104 valence electrons. The molecule has 0 aliphatic rings. The zero-order valence-corrected chi connectivity index (χ0v) is 11.6. The molecule has 2 aromatic carbocycles. The average Bonchev–Trinajstić information content (AvgIpc) is 2.48. The highest BCUT2D eigenvalue weighted by Gasteiger charge is 1.94. The molecule has 0 aromatic heterocycles. The van der Waals surface area contributed by atoms with E-state index in [0.29, 0.717) is 13.0 Å². The second-order valence-corrected chi connectivity index (χ2v) is 4.59. The molecule has 20 heavy (non-hydrogen) atoms. The van der Waals surface area contributed by atoms with Gasteiger partial charge in [-0.25, -0.2) is 0 Å². The van der Waals surface area contributed by atoms with Crippen LogP contribution in [-0.2, 0) is 0 Å². The minimum atomic E-state index is 0.154. The molecule has 3 heteroatoms. The maximum atomic E-state index is 8.69. The Morgan fingerprint density at radius 2 is 1.75 bits per heavy atom.